The number of ether oxygens (including phenoxy) is 1. The Hall–Kier alpha value is -2.23. The van der Waals surface area contributed by atoms with E-state index in [0.717, 1.165) is 11.8 Å². The van der Waals surface area contributed by atoms with Crippen molar-refractivity contribution in [2.45, 2.75) is 20.3 Å². The number of esters is 1. The van der Waals surface area contributed by atoms with Crippen molar-refractivity contribution >= 4 is 22.8 Å². The molecule has 0 bridgehead atoms. The first kappa shape index (κ1) is 14.2. The van der Waals surface area contributed by atoms with Crippen molar-refractivity contribution in [3.63, 3.8) is 0 Å². The average molecular weight is 273 g/mol. The van der Waals surface area contributed by atoms with E-state index in [1.807, 2.05) is 6.92 Å². The minimum absolute atomic E-state index is 0.241. The smallest absolute Gasteiger partial charge is 0.356 e. The predicted molar refractivity (Wildman–Crippen MR) is 77.1 cm³/mol. The Balaban J connectivity index is 2.53. The van der Waals surface area contributed by atoms with Crippen molar-refractivity contribution in [3.05, 3.63) is 47.5 Å². The molecule has 0 radical (unpaired) electrons. The minimum atomic E-state index is -0.457. The Morgan fingerprint density at radius 3 is 2.85 bits per heavy atom. The number of aryl methyl sites for hydroxylation is 1. The van der Waals surface area contributed by atoms with E-state index < -0.39 is 5.97 Å². The molecule has 0 saturated heterocycles. The van der Waals surface area contributed by atoms with Crippen LogP contribution in [0.2, 0.25) is 0 Å². The van der Waals surface area contributed by atoms with Crippen LogP contribution in [0.25, 0.3) is 16.8 Å². The van der Waals surface area contributed by atoms with E-state index >= 15 is 0 Å². The lowest BCUT2D eigenvalue weighted by molar-refractivity contribution is 0.0498. The second-order valence-electron chi connectivity index (χ2n) is 4.53. The van der Waals surface area contributed by atoms with Crippen molar-refractivity contribution in [2.24, 2.45) is 0 Å². The van der Waals surface area contributed by atoms with Crippen LogP contribution < -0.4 is 0 Å². The SMILES string of the molecule is C=Cc1cc2cc(C(=O)OCCC)nc(C)c2cc1F. The van der Waals surface area contributed by atoms with Gasteiger partial charge in [0.25, 0.3) is 0 Å². The fourth-order valence-corrected chi connectivity index (χ4v) is 1.99. The summed E-state index contributed by atoms with van der Waals surface area (Å²) in [7, 11) is 0. The van der Waals surface area contributed by atoms with E-state index in [1.54, 1.807) is 19.1 Å². The fourth-order valence-electron chi connectivity index (χ4n) is 1.99. The largest absolute Gasteiger partial charge is 0.461 e. The zero-order chi connectivity index (χ0) is 14.7. The second-order valence-corrected chi connectivity index (χ2v) is 4.53. The lowest BCUT2D eigenvalue weighted by Gasteiger charge is -2.08. The second kappa shape index (κ2) is 5.82. The molecule has 20 heavy (non-hydrogen) atoms. The number of hydrogen-bond donors (Lipinski definition) is 0. The molecule has 0 aliphatic carbocycles. The molecule has 0 amide bonds. The molecule has 3 nitrogen and oxygen atoms in total. The molecular weight excluding hydrogens is 257 g/mol. The van der Waals surface area contributed by atoms with E-state index in [1.165, 1.54) is 12.1 Å². The summed E-state index contributed by atoms with van der Waals surface area (Å²) in [6.07, 6.45) is 2.20. The monoisotopic (exact) mass is 273 g/mol. The van der Waals surface area contributed by atoms with Crippen molar-refractivity contribution in [1.29, 1.82) is 0 Å². The van der Waals surface area contributed by atoms with Gasteiger partial charge in [0.15, 0.2) is 0 Å². The van der Waals surface area contributed by atoms with E-state index in [-0.39, 0.29) is 11.5 Å². The lowest BCUT2D eigenvalue weighted by atomic mass is 10.0. The van der Waals surface area contributed by atoms with Crippen molar-refractivity contribution in [3.8, 4) is 0 Å². The third-order valence-corrected chi connectivity index (χ3v) is 3.01. The van der Waals surface area contributed by atoms with Gasteiger partial charge in [-0.25, -0.2) is 14.2 Å². The number of aromatic nitrogens is 1. The molecule has 0 fully saturated rings. The van der Waals surface area contributed by atoms with Crippen LogP contribution in [0.1, 0.15) is 35.1 Å². The quantitative estimate of drug-likeness (QED) is 0.793. The molecule has 0 unspecified atom stereocenters. The van der Waals surface area contributed by atoms with Gasteiger partial charge in [0.1, 0.15) is 11.5 Å². The maximum atomic E-state index is 13.7. The number of carbonyl (C=O) groups is 1. The van der Waals surface area contributed by atoms with E-state index in [0.29, 0.717) is 23.3 Å². The number of benzene rings is 1. The maximum Gasteiger partial charge on any atom is 0.356 e. The van der Waals surface area contributed by atoms with Gasteiger partial charge in [-0.1, -0.05) is 19.6 Å². The van der Waals surface area contributed by atoms with Gasteiger partial charge in [0.05, 0.1) is 6.61 Å². The normalized spacial score (nSPS) is 10.6. The Morgan fingerprint density at radius 1 is 1.45 bits per heavy atom. The summed E-state index contributed by atoms with van der Waals surface area (Å²) in [6, 6.07) is 4.69. The lowest BCUT2D eigenvalue weighted by Crippen LogP contribution is -2.09. The molecule has 0 spiro atoms. The highest BCUT2D eigenvalue weighted by atomic mass is 19.1. The molecule has 4 heteroatoms. The molecule has 0 atom stereocenters. The minimum Gasteiger partial charge on any atom is -0.461 e. The van der Waals surface area contributed by atoms with Gasteiger partial charge < -0.3 is 4.74 Å². The first-order valence-electron chi connectivity index (χ1n) is 6.47. The highest BCUT2D eigenvalue weighted by Crippen LogP contribution is 2.23. The van der Waals surface area contributed by atoms with Crippen molar-refractivity contribution in [1.82, 2.24) is 4.98 Å². The first-order valence-corrected chi connectivity index (χ1v) is 6.47. The summed E-state index contributed by atoms with van der Waals surface area (Å²) in [5, 5.41) is 1.43. The van der Waals surface area contributed by atoms with E-state index in [9.17, 15) is 9.18 Å². The van der Waals surface area contributed by atoms with Crippen LogP contribution in [-0.2, 0) is 4.74 Å². The van der Waals surface area contributed by atoms with Crippen LogP contribution in [0.15, 0.2) is 24.8 Å². The van der Waals surface area contributed by atoms with Crippen molar-refractivity contribution in [2.75, 3.05) is 6.61 Å². The molecule has 1 aromatic heterocycles. The summed E-state index contributed by atoms with van der Waals surface area (Å²) in [5.74, 6) is -0.806. The first-order chi connectivity index (χ1) is 9.56. The number of pyridine rings is 1. The predicted octanol–water partition coefficient (Wildman–Crippen LogP) is 3.89. The number of hydrogen-bond acceptors (Lipinski definition) is 3. The van der Waals surface area contributed by atoms with Gasteiger partial charge in [-0.3, -0.25) is 0 Å². The summed E-state index contributed by atoms with van der Waals surface area (Å²) >= 11 is 0. The van der Waals surface area contributed by atoms with Gasteiger partial charge in [0.2, 0.25) is 0 Å². The Labute approximate surface area is 117 Å². The van der Waals surface area contributed by atoms with Crippen LogP contribution in [-0.4, -0.2) is 17.6 Å². The number of halogens is 1. The summed E-state index contributed by atoms with van der Waals surface area (Å²) < 4.78 is 18.8. The third-order valence-electron chi connectivity index (χ3n) is 3.01. The fraction of sp³-hybridized carbons (Fsp3) is 0.250. The zero-order valence-corrected chi connectivity index (χ0v) is 11.6. The number of carbonyl (C=O) groups excluding carboxylic acids is 1. The zero-order valence-electron chi connectivity index (χ0n) is 11.6. The van der Waals surface area contributed by atoms with E-state index in [2.05, 4.69) is 11.6 Å². The van der Waals surface area contributed by atoms with Gasteiger partial charge in [-0.15, -0.1) is 0 Å². The molecule has 2 aromatic rings. The summed E-state index contributed by atoms with van der Waals surface area (Å²) in [6.45, 7) is 7.60. The van der Waals surface area contributed by atoms with Gasteiger partial charge in [-0.05, 0) is 36.9 Å². The molecular formula is C16H16FNO2. The molecule has 0 N–H and O–H groups in total. The summed E-state index contributed by atoms with van der Waals surface area (Å²) in [4.78, 5) is 16.0. The van der Waals surface area contributed by atoms with Crippen molar-refractivity contribution < 1.29 is 13.9 Å². The highest BCUT2D eigenvalue weighted by Gasteiger charge is 2.13. The molecule has 2 rings (SSSR count). The average Bonchev–Trinajstić information content (AvgIpc) is 2.44. The molecule has 1 aromatic carbocycles. The number of rotatable bonds is 4. The molecule has 1 heterocycles. The Morgan fingerprint density at radius 2 is 2.20 bits per heavy atom. The van der Waals surface area contributed by atoms with Gasteiger partial charge >= 0.3 is 5.97 Å². The molecule has 0 aliphatic rings. The summed E-state index contributed by atoms with van der Waals surface area (Å²) in [5.41, 5.74) is 1.24. The molecule has 0 aliphatic heterocycles. The van der Waals surface area contributed by atoms with Crippen LogP contribution in [0.3, 0.4) is 0 Å². The molecule has 0 saturated carbocycles. The van der Waals surface area contributed by atoms with Gasteiger partial charge in [-0.2, -0.15) is 0 Å². The molecule has 104 valence electrons. The topological polar surface area (TPSA) is 39.2 Å². The van der Waals surface area contributed by atoms with Crippen LogP contribution >= 0.6 is 0 Å². The number of nitrogens with zero attached hydrogens (tertiary/aromatic N) is 1. The Bertz CT molecular complexity index is 680. The Kier molecular flexibility index (Phi) is 4.13. The third kappa shape index (κ3) is 2.69. The maximum absolute atomic E-state index is 13.7. The van der Waals surface area contributed by atoms with Crippen LogP contribution in [0, 0.1) is 12.7 Å². The number of fused-ring (bicyclic) bond motifs is 1. The van der Waals surface area contributed by atoms with Gasteiger partial charge in [0, 0.05) is 16.6 Å². The standard InChI is InChI=1S/C16H16FNO2/c1-4-6-20-16(19)15-8-12-7-11(5-2)14(17)9-13(12)10(3)18-15/h5,7-9H,2,4,6H2,1,3H3. The van der Waals surface area contributed by atoms with Crippen LogP contribution in [0.4, 0.5) is 4.39 Å². The van der Waals surface area contributed by atoms with Crippen LogP contribution in [0.5, 0.6) is 0 Å². The van der Waals surface area contributed by atoms with E-state index in [4.69, 9.17) is 4.74 Å². The highest BCUT2D eigenvalue weighted by molar-refractivity contribution is 5.95.